The van der Waals surface area contributed by atoms with Gasteiger partial charge in [-0.05, 0) is 55.0 Å². The Bertz CT molecular complexity index is 1820. The normalized spacial score (nSPS) is 14.8. The number of benzene rings is 3. The Labute approximate surface area is 275 Å². The number of anilines is 4. The number of nitrogens with zero attached hydrogens (tertiary/aromatic N) is 7. The number of piperazine rings is 1. The van der Waals surface area contributed by atoms with Gasteiger partial charge in [-0.3, -0.25) is 19.6 Å². The zero-order valence-corrected chi connectivity index (χ0v) is 26.5. The van der Waals surface area contributed by atoms with E-state index in [1.54, 1.807) is 54.3 Å². The lowest BCUT2D eigenvalue weighted by Gasteiger charge is -2.37. The van der Waals surface area contributed by atoms with Gasteiger partial charge >= 0.3 is 0 Å². The summed E-state index contributed by atoms with van der Waals surface area (Å²) in [6.07, 6.45) is 1.28. The molecule has 47 heavy (non-hydrogen) atoms. The number of hydrogen-bond acceptors (Lipinski definition) is 10. The standard InChI is InChI=1S/C32H32ClN8O6/c1-37-30(29(35-36-37)22-6-3-4-7-27(22)47-2)32(44)39-16-14-38(15-17-39)25-19-24(26(41(45)46)18-23(25)33)34-31(43)20-9-11-21(12-10-20)40-13-5-8-28(40)42/h3-4,6-7,9-12,18-19,45H,5,8,13-17H2,1-2H3,(H,34,43)/q-1. The lowest BCUT2D eigenvalue weighted by Crippen LogP contribution is -2.49. The Morgan fingerprint density at radius 1 is 1.04 bits per heavy atom. The molecule has 14 nitrogen and oxygen atoms in total. The summed E-state index contributed by atoms with van der Waals surface area (Å²) < 4.78 is 6.92. The lowest BCUT2D eigenvalue weighted by molar-refractivity contribution is -0.117. The minimum absolute atomic E-state index is 0.0378. The van der Waals surface area contributed by atoms with Gasteiger partial charge in [-0.2, -0.15) is 0 Å². The molecule has 2 saturated heterocycles. The number of ether oxygens (including phenoxy) is 1. The van der Waals surface area contributed by atoms with Gasteiger partial charge in [-0.1, -0.05) is 28.9 Å². The summed E-state index contributed by atoms with van der Waals surface area (Å²) in [5.41, 5.74) is 2.71. The summed E-state index contributed by atoms with van der Waals surface area (Å²) in [5.74, 6) is -0.152. The quantitative estimate of drug-likeness (QED) is 0.263. The minimum atomic E-state index is -0.522. The second kappa shape index (κ2) is 13.3. The number of carbonyl (C=O) groups is 3. The van der Waals surface area contributed by atoms with E-state index in [0.717, 1.165) is 6.42 Å². The van der Waals surface area contributed by atoms with Crippen LogP contribution in [0.25, 0.3) is 11.3 Å². The SMILES string of the molecule is COc1ccccc1-c1nnn(C)c1C(=O)N1CCN(c2cc(NC(=O)c3ccc(N4CCCC4=O)cc3)c(N([O-])O)cc2Cl)CC1. The maximum Gasteiger partial charge on any atom is 0.274 e. The first-order valence-corrected chi connectivity index (χ1v) is 15.3. The minimum Gasteiger partial charge on any atom is -0.733 e. The van der Waals surface area contributed by atoms with Crippen molar-refractivity contribution in [2.45, 2.75) is 12.8 Å². The molecule has 0 radical (unpaired) electrons. The van der Waals surface area contributed by atoms with Gasteiger partial charge < -0.3 is 35.2 Å². The van der Waals surface area contributed by atoms with Crippen molar-refractivity contribution >= 4 is 52.1 Å². The number of hydrogen-bond donors (Lipinski definition) is 2. The van der Waals surface area contributed by atoms with Crippen molar-refractivity contribution < 1.29 is 24.3 Å². The third kappa shape index (κ3) is 6.30. The monoisotopic (exact) mass is 659 g/mol. The molecule has 2 aliphatic heterocycles. The van der Waals surface area contributed by atoms with Gasteiger partial charge in [-0.25, -0.2) is 4.68 Å². The van der Waals surface area contributed by atoms with Gasteiger partial charge in [0.1, 0.15) is 11.4 Å². The number of amides is 3. The Morgan fingerprint density at radius 2 is 1.77 bits per heavy atom. The topological polar surface area (TPSA) is 159 Å². The maximum absolute atomic E-state index is 13.7. The summed E-state index contributed by atoms with van der Waals surface area (Å²) in [5, 5.41) is 32.7. The van der Waals surface area contributed by atoms with Crippen molar-refractivity contribution in [2.24, 2.45) is 7.05 Å². The highest BCUT2D eigenvalue weighted by Gasteiger charge is 2.30. The van der Waals surface area contributed by atoms with Crippen LogP contribution in [0.3, 0.4) is 0 Å². The molecule has 6 rings (SSSR count). The summed E-state index contributed by atoms with van der Waals surface area (Å²) in [7, 11) is 3.21. The van der Waals surface area contributed by atoms with Crippen molar-refractivity contribution in [1.82, 2.24) is 19.9 Å². The van der Waals surface area contributed by atoms with Gasteiger partial charge in [0.2, 0.25) is 5.91 Å². The molecular formula is C32H32ClN8O6-. The van der Waals surface area contributed by atoms with E-state index in [1.807, 2.05) is 23.1 Å². The van der Waals surface area contributed by atoms with E-state index in [9.17, 15) is 24.8 Å². The largest absolute Gasteiger partial charge is 0.733 e. The van der Waals surface area contributed by atoms with Crippen LogP contribution in [0.15, 0.2) is 60.7 Å². The van der Waals surface area contributed by atoms with Crippen molar-refractivity contribution in [3.63, 3.8) is 0 Å². The van der Waals surface area contributed by atoms with Crippen LogP contribution in [0.4, 0.5) is 22.7 Å². The molecule has 4 aromatic rings. The van der Waals surface area contributed by atoms with Crippen LogP contribution in [0.2, 0.25) is 5.02 Å². The van der Waals surface area contributed by atoms with Crippen LogP contribution in [0.5, 0.6) is 5.75 Å². The van der Waals surface area contributed by atoms with Gasteiger partial charge in [0.25, 0.3) is 11.8 Å². The molecule has 0 saturated carbocycles. The average molecular weight is 660 g/mol. The Kier molecular flexibility index (Phi) is 8.98. The van der Waals surface area contributed by atoms with Crippen molar-refractivity contribution in [3.05, 3.63) is 82.2 Å². The molecule has 3 amide bonds. The molecule has 0 unspecified atom stereocenters. The molecule has 0 aliphatic carbocycles. The highest BCUT2D eigenvalue weighted by atomic mass is 35.5. The number of para-hydroxylation sites is 1. The van der Waals surface area contributed by atoms with Crippen LogP contribution < -0.4 is 25.1 Å². The van der Waals surface area contributed by atoms with Crippen molar-refractivity contribution in [1.29, 1.82) is 0 Å². The Balaban J connectivity index is 1.18. The number of aromatic nitrogens is 3. The van der Waals surface area contributed by atoms with E-state index in [2.05, 4.69) is 15.6 Å². The highest BCUT2D eigenvalue weighted by molar-refractivity contribution is 6.34. The number of carbonyl (C=O) groups excluding carboxylic acids is 3. The van der Waals surface area contributed by atoms with Crippen LogP contribution >= 0.6 is 11.6 Å². The first-order chi connectivity index (χ1) is 22.7. The fourth-order valence-corrected chi connectivity index (χ4v) is 6.16. The number of methoxy groups -OCH3 is 1. The lowest BCUT2D eigenvalue weighted by atomic mass is 10.1. The molecule has 2 N–H and O–H groups in total. The Hall–Kier alpha value is -5.18. The van der Waals surface area contributed by atoms with E-state index in [-0.39, 0.29) is 33.4 Å². The van der Waals surface area contributed by atoms with Crippen LogP contribution in [-0.4, -0.2) is 82.7 Å². The van der Waals surface area contributed by atoms with E-state index in [0.29, 0.717) is 78.8 Å². The highest BCUT2D eigenvalue weighted by Crippen LogP contribution is 2.38. The number of nitrogens with one attached hydrogen (secondary N) is 1. The van der Waals surface area contributed by atoms with Gasteiger partial charge in [0.05, 0.1) is 29.2 Å². The summed E-state index contributed by atoms with van der Waals surface area (Å²) in [4.78, 5) is 44.3. The third-order valence-electron chi connectivity index (χ3n) is 8.33. The number of rotatable bonds is 8. The van der Waals surface area contributed by atoms with E-state index in [4.69, 9.17) is 16.3 Å². The molecule has 0 atom stereocenters. The molecule has 3 heterocycles. The predicted octanol–water partition coefficient (Wildman–Crippen LogP) is 4.18. The molecular weight excluding hydrogens is 628 g/mol. The van der Waals surface area contributed by atoms with Crippen LogP contribution in [-0.2, 0) is 11.8 Å². The van der Waals surface area contributed by atoms with Crippen LogP contribution in [0, 0.1) is 5.21 Å². The first kappa shape index (κ1) is 31.8. The van der Waals surface area contributed by atoms with Crippen molar-refractivity contribution in [2.75, 3.05) is 60.2 Å². The summed E-state index contributed by atoms with van der Waals surface area (Å²) in [6.45, 7) is 2.10. The molecule has 0 bridgehead atoms. The zero-order chi connectivity index (χ0) is 33.2. The van der Waals surface area contributed by atoms with E-state index in [1.165, 1.54) is 16.8 Å². The zero-order valence-electron chi connectivity index (χ0n) is 25.7. The van der Waals surface area contributed by atoms with Gasteiger partial charge in [0.15, 0.2) is 5.69 Å². The third-order valence-corrected chi connectivity index (χ3v) is 8.64. The van der Waals surface area contributed by atoms with Gasteiger partial charge in [0, 0.05) is 63.0 Å². The molecule has 1 aromatic heterocycles. The first-order valence-electron chi connectivity index (χ1n) is 14.9. The fraction of sp³-hybridized carbons (Fsp3) is 0.281. The van der Waals surface area contributed by atoms with Gasteiger partial charge in [-0.15, -0.1) is 5.10 Å². The van der Waals surface area contributed by atoms with Crippen LogP contribution in [0.1, 0.15) is 33.7 Å². The number of halogens is 1. The van der Waals surface area contributed by atoms with E-state index < -0.39 is 5.91 Å². The molecule has 2 fully saturated rings. The Morgan fingerprint density at radius 3 is 2.43 bits per heavy atom. The van der Waals surface area contributed by atoms with E-state index >= 15 is 0 Å². The fourth-order valence-electron chi connectivity index (χ4n) is 5.88. The molecule has 15 heteroatoms. The molecule has 2 aliphatic rings. The smallest absolute Gasteiger partial charge is 0.274 e. The molecule has 244 valence electrons. The number of aryl methyl sites for hydroxylation is 1. The average Bonchev–Trinajstić information content (AvgIpc) is 3.69. The second-order valence-corrected chi connectivity index (χ2v) is 11.5. The predicted molar refractivity (Wildman–Crippen MR) is 176 cm³/mol. The summed E-state index contributed by atoms with van der Waals surface area (Å²) in [6, 6.07) is 16.7. The van der Waals surface area contributed by atoms with Crippen molar-refractivity contribution in [3.8, 4) is 17.0 Å². The summed E-state index contributed by atoms with van der Waals surface area (Å²) >= 11 is 6.57. The molecule has 0 spiro atoms. The maximum atomic E-state index is 13.7. The molecule has 3 aromatic carbocycles. The second-order valence-electron chi connectivity index (χ2n) is 11.1.